The molecule has 1 aromatic carbocycles. The number of hydrogen-bond acceptors (Lipinski definition) is 5. The second kappa shape index (κ2) is 7.93. The van der Waals surface area contributed by atoms with E-state index in [1.165, 1.54) is 19.2 Å². The highest BCUT2D eigenvalue weighted by atomic mass is 79.9. The van der Waals surface area contributed by atoms with Crippen LogP contribution in [0.4, 0.5) is 0 Å². The highest BCUT2D eigenvalue weighted by molar-refractivity contribution is 9.10. The van der Waals surface area contributed by atoms with Crippen molar-refractivity contribution in [3.05, 3.63) is 28.7 Å². The number of likely N-dealkylation sites (N-methyl/N-ethyl adjacent to an activating group) is 1. The van der Waals surface area contributed by atoms with Crippen LogP contribution in [0.5, 0.6) is 0 Å². The maximum Gasteiger partial charge on any atom is 0.327 e. The van der Waals surface area contributed by atoms with E-state index in [0.29, 0.717) is 0 Å². The molecule has 0 atom stereocenters. The summed E-state index contributed by atoms with van der Waals surface area (Å²) in [6.07, 6.45) is 1.65. The predicted octanol–water partition coefficient (Wildman–Crippen LogP) is -0.504. The molecule has 1 aliphatic carbocycles. The quantitative estimate of drug-likeness (QED) is 0.427. The molecule has 0 spiro atoms. The Balaban J connectivity index is 1.85. The lowest BCUT2D eigenvalue weighted by Crippen LogP contribution is -2.51. The number of carbonyl (C=O) groups is 3. The van der Waals surface area contributed by atoms with Gasteiger partial charge in [-0.2, -0.15) is 4.31 Å². The summed E-state index contributed by atoms with van der Waals surface area (Å²) in [5.74, 6) is -2.65. The Morgan fingerprint density at radius 2 is 1.72 bits per heavy atom. The zero-order chi connectivity index (χ0) is 18.6. The molecule has 0 radical (unpaired) electrons. The second-order valence-corrected chi connectivity index (χ2v) is 8.43. The highest BCUT2D eigenvalue weighted by Gasteiger charge is 2.27. The fourth-order valence-electron chi connectivity index (χ4n) is 1.78. The van der Waals surface area contributed by atoms with Gasteiger partial charge in [0.25, 0.3) is 5.91 Å². The van der Waals surface area contributed by atoms with Crippen LogP contribution in [0.3, 0.4) is 0 Å². The van der Waals surface area contributed by atoms with E-state index in [-0.39, 0.29) is 10.9 Å². The van der Waals surface area contributed by atoms with E-state index in [1.54, 1.807) is 12.1 Å². The maximum absolute atomic E-state index is 12.3. The van der Waals surface area contributed by atoms with E-state index in [1.807, 2.05) is 10.9 Å². The third-order valence-electron chi connectivity index (χ3n) is 3.32. The predicted molar refractivity (Wildman–Crippen MR) is 91.4 cm³/mol. The molecule has 3 N–H and O–H groups in total. The zero-order valence-electron chi connectivity index (χ0n) is 13.3. The van der Waals surface area contributed by atoms with Crippen molar-refractivity contribution in [1.29, 1.82) is 0 Å². The van der Waals surface area contributed by atoms with Gasteiger partial charge in [-0.25, -0.2) is 8.42 Å². The normalized spacial score (nSPS) is 14.0. The number of hydrazine groups is 1. The summed E-state index contributed by atoms with van der Waals surface area (Å²) in [7, 11) is -2.62. The van der Waals surface area contributed by atoms with Crippen molar-refractivity contribution in [2.75, 3.05) is 13.6 Å². The van der Waals surface area contributed by atoms with Gasteiger partial charge in [-0.3, -0.25) is 25.2 Å². The topological polar surface area (TPSA) is 125 Å². The van der Waals surface area contributed by atoms with Crippen molar-refractivity contribution in [2.24, 2.45) is 0 Å². The van der Waals surface area contributed by atoms with Crippen LogP contribution in [0.2, 0.25) is 0 Å². The van der Waals surface area contributed by atoms with Gasteiger partial charge >= 0.3 is 11.8 Å². The van der Waals surface area contributed by atoms with Gasteiger partial charge in [0.1, 0.15) is 0 Å². The highest BCUT2D eigenvalue weighted by Crippen LogP contribution is 2.18. The lowest BCUT2D eigenvalue weighted by Gasteiger charge is -2.17. The lowest BCUT2D eigenvalue weighted by atomic mass is 10.4. The molecule has 0 aromatic heterocycles. The molecule has 0 saturated heterocycles. The molecule has 1 aromatic rings. The van der Waals surface area contributed by atoms with Crippen molar-refractivity contribution in [1.82, 2.24) is 20.5 Å². The lowest BCUT2D eigenvalue weighted by molar-refractivity contribution is -0.141. The molecule has 0 unspecified atom stereocenters. The van der Waals surface area contributed by atoms with E-state index >= 15 is 0 Å². The first-order chi connectivity index (χ1) is 11.7. The Hall–Kier alpha value is -1.98. The van der Waals surface area contributed by atoms with Crippen LogP contribution >= 0.6 is 15.9 Å². The summed E-state index contributed by atoms with van der Waals surface area (Å²) in [4.78, 5) is 34.7. The van der Waals surface area contributed by atoms with Gasteiger partial charge in [-0.15, -0.1) is 0 Å². The van der Waals surface area contributed by atoms with Crippen LogP contribution in [0, 0.1) is 0 Å². The summed E-state index contributed by atoms with van der Waals surface area (Å²) in [6, 6.07) is 5.95. The van der Waals surface area contributed by atoms with Crippen LogP contribution in [0.25, 0.3) is 0 Å². The summed E-state index contributed by atoms with van der Waals surface area (Å²) < 4.78 is 26.2. The molecule has 11 heteroatoms. The Bertz CT molecular complexity index is 777. The van der Waals surface area contributed by atoms with Crippen molar-refractivity contribution in [2.45, 2.75) is 23.8 Å². The number of rotatable bonds is 5. The van der Waals surface area contributed by atoms with Crippen LogP contribution in [0.1, 0.15) is 12.8 Å². The number of hydrogen-bond donors (Lipinski definition) is 3. The first-order valence-electron chi connectivity index (χ1n) is 7.31. The third kappa shape index (κ3) is 5.51. The molecule has 2 rings (SSSR count). The zero-order valence-corrected chi connectivity index (χ0v) is 15.7. The van der Waals surface area contributed by atoms with Crippen LogP contribution in [0.15, 0.2) is 33.6 Å². The molecule has 1 fully saturated rings. The van der Waals surface area contributed by atoms with Gasteiger partial charge in [0.15, 0.2) is 0 Å². The van der Waals surface area contributed by atoms with Crippen molar-refractivity contribution < 1.29 is 22.8 Å². The van der Waals surface area contributed by atoms with Gasteiger partial charge in [-0.05, 0) is 37.1 Å². The number of benzene rings is 1. The largest absolute Gasteiger partial charge is 0.345 e. The van der Waals surface area contributed by atoms with Crippen molar-refractivity contribution >= 4 is 43.7 Å². The minimum Gasteiger partial charge on any atom is -0.345 e. The number of sulfonamides is 1. The van der Waals surface area contributed by atoms with E-state index in [2.05, 4.69) is 21.2 Å². The third-order valence-corrected chi connectivity index (χ3v) is 5.67. The first-order valence-corrected chi connectivity index (χ1v) is 9.55. The van der Waals surface area contributed by atoms with E-state index in [0.717, 1.165) is 21.6 Å². The van der Waals surface area contributed by atoms with Crippen LogP contribution < -0.4 is 16.2 Å². The molecule has 0 heterocycles. The average molecular weight is 433 g/mol. The molecule has 0 aliphatic heterocycles. The summed E-state index contributed by atoms with van der Waals surface area (Å²) in [6.45, 7) is -0.525. The minimum atomic E-state index is -3.85. The Kier molecular flexibility index (Phi) is 6.14. The standard InChI is InChI=1S/C14H17BrN4O5S/c1-19(25(23,24)11-6-2-9(15)3-7-11)8-12(20)17-18-14(22)13(21)16-10-4-5-10/h2-3,6-7,10H,4-5,8H2,1H3,(H,16,21)(H,17,20)(H,18,22). The number of halogens is 1. The molecule has 1 saturated carbocycles. The Morgan fingerprint density at radius 1 is 1.12 bits per heavy atom. The number of carbonyl (C=O) groups excluding carboxylic acids is 3. The smallest absolute Gasteiger partial charge is 0.327 e. The molecule has 1 aliphatic rings. The van der Waals surface area contributed by atoms with E-state index in [9.17, 15) is 22.8 Å². The number of nitrogens with zero attached hydrogens (tertiary/aromatic N) is 1. The number of amides is 3. The SMILES string of the molecule is CN(CC(=O)NNC(=O)C(=O)NC1CC1)S(=O)(=O)c1ccc(Br)cc1. The summed E-state index contributed by atoms with van der Waals surface area (Å²) in [5.41, 5.74) is 3.95. The van der Waals surface area contributed by atoms with Gasteiger partial charge < -0.3 is 5.32 Å². The van der Waals surface area contributed by atoms with Gasteiger partial charge in [0, 0.05) is 17.6 Å². The van der Waals surface area contributed by atoms with Crippen molar-refractivity contribution in [3.8, 4) is 0 Å². The van der Waals surface area contributed by atoms with Gasteiger partial charge in [0.2, 0.25) is 10.0 Å². The first kappa shape index (κ1) is 19.3. The molecule has 3 amide bonds. The molecule has 0 bridgehead atoms. The molecule has 25 heavy (non-hydrogen) atoms. The fourth-order valence-corrected chi connectivity index (χ4v) is 3.17. The maximum atomic E-state index is 12.3. The molecular formula is C14H17BrN4O5S. The number of nitrogens with one attached hydrogen (secondary N) is 3. The molecule has 9 nitrogen and oxygen atoms in total. The Morgan fingerprint density at radius 3 is 2.28 bits per heavy atom. The molecular weight excluding hydrogens is 416 g/mol. The fraction of sp³-hybridized carbons (Fsp3) is 0.357. The van der Waals surface area contributed by atoms with Crippen LogP contribution in [-0.2, 0) is 24.4 Å². The molecule has 136 valence electrons. The van der Waals surface area contributed by atoms with Crippen molar-refractivity contribution in [3.63, 3.8) is 0 Å². The van der Waals surface area contributed by atoms with Crippen LogP contribution in [-0.4, -0.2) is 50.1 Å². The summed E-state index contributed by atoms with van der Waals surface area (Å²) in [5, 5.41) is 2.46. The van der Waals surface area contributed by atoms with E-state index < -0.39 is 34.3 Å². The Labute approximate surface area is 153 Å². The average Bonchev–Trinajstić information content (AvgIpc) is 3.36. The monoisotopic (exact) mass is 432 g/mol. The summed E-state index contributed by atoms with van der Waals surface area (Å²) >= 11 is 3.21. The van der Waals surface area contributed by atoms with E-state index in [4.69, 9.17) is 0 Å². The minimum absolute atomic E-state index is 0.0103. The van der Waals surface area contributed by atoms with Gasteiger partial charge in [0.05, 0.1) is 11.4 Å². The second-order valence-electron chi connectivity index (χ2n) is 5.47. The van der Waals surface area contributed by atoms with Gasteiger partial charge in [-0.1, -0.05) is 15.9 Å².